The summed E-state index contributed by atoms with van der Waals surface area (Å²) in [5.74, 6) is 0.328. The van der Waals surface area contributed by atoms with Gasteiger partial charge in [0.1, 0.15) is 11.3 Å². The lowest BCUT2D eigenvalue weighted by atomic mass is 9.92. The molecule has 112 valence electrons. The summed E-state index contributed by atoms with van der Waals surface area (Å²) in [4.78, 5) is 4.32. The van der Waals surface area contributed by atoms with Crippen LogP contribution in [0.5, 0.6) is 0 Å². The quantitative estimate of drug-likeness (QED) is 0.930. The number of anilines is 1. The van der Waals surface area contributed by atoms with E-state index in [4.69, 9.17) is 4.74 Å². The predicted molar refractivity (Wildman–Crippen MR) is 83.1 cm³/mol. The van der Waals surface area contributed by atoms with Crippen molar-refractivity contribution in [3.63, 3.8) is 0 Å². The van der Waals surface area contributed by atoms with Crippen LogP contribution in [0, 0.1) is 18.7 Å². The number of nitrogens with one attached hydrogen (secondary N) is 1. The third-order valence-corrected chi connectivity index (χ3v) is 4.27. The number of fused-ring (bicyclic) bond motifs is 1. The second kappa shape index (κ2) is 5.98. The summed E-state index contributed by atoms with van der Waals surface area (Å²) in [6.45, 7) is 5.76. The lowest BCUT2D eigenvalue weighted by Gasteiger charge is -2.29. The number of hydrogen-bond donors (Lipinski definition) is 1. The highest BCUT2D eigenvalue weighted by Gasteiger charge is 2.21. The highest BCUT2D eigenvalue weighted by Crippen LogP contribution is 2.28. The first kappa shape index (κ1) is 14.3. The van der Waals surface area contributed by atoms with Gasteiger partial charge in [-0.1, -0.05) is 12.1 Å². The smallest absolute Gasteiger partial charge is 0.149 e. The molecule has 21 heavy (non-hydrogen) atoms. The minimum absolute atomic E-state index is 0.266. The first-order chi connectivity index (χ1) is 10.1. The molecule has 3 nitrogen and oxygen atoms in total. The zero-order valence-electron chi connectivity index (χ0n) is 12.5. The third kappa shape index (κ3) is 3.00. The molecule has 1 aliphatic rings. The van der Waals surface area contributed by atoms with Crippen LogP contribution in [0.2, 0.25) is 0 Å². The molecular weight excluding hydrogens is 267 g/mol. The largest absolute Gasteiger partial charge is 0.382 e. The van der Waals surface area contributed by atoms with Gasteiger partial charge >= 0.3 is 0 Å². The summed E-state index contributed by atoms with van der Waals surface area (Å²) in [5, 5.41) is 4.41. The number of para-hydroxylation sites is 1. The molecule has 2 heterocycles. The fourth-order valence-corrected chi connectivity index (χ4v) is 3.04. The van der Waals surface area contributed by atoms with Gasteiger partial charge in [0.2, 0.25) is 0 Å². The highest BCUT2D eigenvalue weighted by atomic mass is 19.1. The number of ether oxygens (including phenoxy) is 1. The normalized spacial score (nSPS) is 17.9. The Morgan fingerprint density at radius 2 is 2.10 bits per heavy atom. The second-order valence-electron chi connectivity index (χ2n) is 5.83. The maximum Gasteiger partial charge on any atom is 0.149 e. The van der Waals surface area contributed by atoms with Gasteiger partial charge in [0.15, 0.2) is 0 Å². The number of hydrogen-bond acceptors (Lipinski definition) is 3. The summed E-state index contributed by atoms with van der Waals surface area (Å²) >= 11 is 0. The van der Waals surface area contributed by atoms with Crippen LogP contribution in [0.3, 0.4) is 0 Å². The fourth-order valence-electron chi connectivity index (χ4n) is 3.04. The lowest BCUT2D eigenvalue weighted by Crippen LogP contribution is -2.31. The summed E-state index contributed by atoms with van der Waals surface area (Å²) < 4.78 is 19.3. The Hall–Kier alpha value is -1.68. The topological polar surface area (TPSA) is 34.1 Å². The third-order valence-electron chi connectivity index (χ3n) is 4.27. The van der Waals surface area contributed by atoms with E-state index in [0.29, 0.717) is 17.5 Å². The monoisotopic (exact) mass is 288 g/mol. The van der Waals surface area contributed by atoms with Crippen molar-refractivity contribution >= 4 is 16.6 Å². The van der Waals surface area contributed by atoms with Gasteiger partial charge in [0.25, 0.3) is 0 Å². The maximum atomic E-state index is 13.9. The van der Waals surface area contributed by atoms with E-state index >= 15 is 0 Å². The molecule has 1 aliphatic heterocycles. The average Bonchev–Trinajstić information content (AvgIpc) is 2.49. The Bertz CT molecular complexity index is 638. The molecule has 2 aromatic rings. The SMILES string of the molecule is Cc1cc(NC(C)C2CCOCC2)c2cccc(F)c2n1. The molecule has 0 aliphatic carbocycles. The highest BCUT2D eigenvalue weighted by molar-refractivity contribution is 5.91. The number of benzene rings is 1. The van der Waals surface area contributed by atoms with Crippen molar-refractivity contribution in [3.05, 3.63) is 35.8 Å². The Morgan fingerprint density at radius 1 is 1.33 bits per heavy atom. The van der Waals surface area contributed by atoms with Crippen LogP contribution in [0.1, 0.15) is 25.5 Å². The van der Waals surface area contributed by atoms with E-state index in [1.807, 2.05) is 19.1 Å². The molecule has 0 saturated carbocycles. The van der Waals surface area contributed by atoms with Gasteiger partial charge in [-0.2, -0.15) is 0 Å². The Balaban J connectivity index is 1.91. The van der Waals surface area contributed by atoms with E-state index in [1.165, 1.54) is 6.07 Å². The number of rotatable bonds is 3. The van der Waals surface area contributed by atoms with Crippen molar-refractivity contribution in [3.8, 4) is 0 Å². The van der Waals surface area contributed by atoms with Crippen LogP contribution in [-0.4, -0.2) is 24.2 Å². The number of aromatic nitrogens is 1. The van der Waals surface area contributed by atoms with Gasteiger partial charge in [-0.3, -0.25) is 0 Å². The van der Waals surface area contributed by atoms with E-state index in [-0.39, 0.29) is 5.82 Å². The van der Waals surface area contributed by atoms with Crippen LogP contribution < -0.4 is 5.32 Å². The summed E-state index contributed by atoms with van der Waals surface area (Å²) in [6, 6.07) is 7.45. The second-order valence-corrected chi connectivity index (χ2v) is 5.83. The molecule has 0 radical (unpaired) electrons. The van der Waals surface area contributed by atoms with Crippen molar-refractivity contribution < 1.29 is 9.13 Å². The zero-order valence-corrected chi connectivity index (χ0v) is 12.5. The van der Waals surface area contributed by atoms with Crippen molar-refractivity contribution in [1.29, 1.82) is 0 Å². The van der Waals surface area contributed by atoms with Gasteiger partial charge in [-0.25, -0.2) is 9.37 Å². The molecule has 1 aromatic heterocycles. The molecule has 0 amide bonds. The van der Waals surface area contributed by atoms with Gasteiger partial charge in [0.05, 0.1) is 0 Å². The Morgan fingerprint density at radius 3 is 2.86 bits per heavy atom. The summed E-state index contributed by atoms with van der Waals surface area (Å²) in [5.41, 5.74) is 2.24. The van der Waals surface area contributed by atoms with E-state index < -0.39 is 0 Å². The van der Waals surface area contributed by atoms with Crippen LogP contribution in [0.15, 0.2) is 24.3 Å². The molecule has 4 heteroatoms. The van der Waals surface area contributed by atoms with E-state index in [2.05, 4.69) is 17.2 Å². The van der Waals surface area contributed by atoms with Crippen molar-refractivity contribution in [1.82, 2.24) is 4.98 Å². The van der Waals surface area contributed by atoms with Crippen LogP contribution in [-0.2, 0) is 4.74 Å². The molecule has 1 unspecified atom stereocenters. The minimum Gasteiger partial charge on any atom is -0.382 e. The van der Waals surface area contributed by atoms with Gasteiger partial charge in [-0.15, -0.1) is 0 Å². The molecule has 0 bridgehead atoms. The first-order valence-electron chi connectivity index (χ1n) is 7.55. The molecule has 1 N–H and O–H groups in total. The Kier molecular flexibility index (Phi) is 4.06. The standard InChI is InChI=1S/C17H21FN2O/c1-11-10-16(14-4-3-5-15(18)17(14)19-11)20-12(2)13-6-8-21-9-7-13/h3-5,10,12-13H,6-9H2,1-2H3,(H,19,20). The molecule has 1 saturated heterocycles. The summed E-state index contributed by atoms with van der Waals surface area (Å²) in [7, 11) is 0. The molecule has 0 spiro atoms. The zero-order chi connectivity index (χ0) is 14.8. The van der Waals surface area contributed by atoms with E-state index in [9.17, 15) is 4.39 Å². The van der Waals surface area contributed by atoms with Gasteiger partial charge in [-0.05, 0) is 44.7 Å². The number of nitrogens with zero attached hydrogens (tertiary/aromatic N) is 1. The Labute approximate surface area is 124 Å². The van der Waals surface area contributed by atoms with Crippen molar-refractivity contribution in [2.75, 3.05) is 18.5 Å². The molecule has 1 aromatic carbocycles. The fraction of sp³-hybridized carbons (Fsp3) is 0.471. The molecule has 1 fully saturated rings. The number of aryl methyl sites for hydroxylation is 1. The minimum atomic E-state index is -0.266. The van der Waals surface area contributed by atoms with Gasteiger partial charge < -0.3 is 10.1 Å². The lowest BCUT2D eigenvalue weighted by molar-refractivity contribution is 0.0622. The first-order valence-corrected chi connectivity index (χ1v) is 7.55. The van der Waals surface area contributed by atoms with Crippen LogP contribution >= 0.6 is 0 Å². The molecule has 3 rings (SSSR count). The van der Waals surface area contributed by atoms with E-state index in [1.54, 1.807) is 6.07 Å². The number of pyridine rings is 1. The van der Waals surface area contributed by atoms with Crippen LogP contribution in [0.25, 0.3) is 10.9 Å². The van der Waals surface area contributed by atoms with Gasteiger partial charge in [0, 0.05) is 36.0 Å². The summed E-state index contributed by atoms with van der Waals surface area (Å²) in [6.07, 6.45) is 2.15. The number of halogens is 1. The van der Waals surface area contributed by atoms with E-state index in [0.717, 1.165) is 42.8 Å². The average molecular weight is 288 g/mol. The molecule has 1 atom stereocenters. The van der Waals surface area contributed by atoms with Crippen molar-refractivity contribution in [2.24, 2.45) is 5.92 Å². The predicted octanol–water partition coefficient (Wildman–Crippen LogP) is 3.91. The molecular formula is C17H21FN2O. The van der Waals surface area contributed by atoms with Crippen LogP contribution in [0.4, 0.5) is 10.1 Å². The van der Waals surface area contributed by atoms with Crippen molar-refractivity contribution in [2.45, 2.75) is 32.7 Å². The maximum absolute atomic E-state index is 13.9.